The molecular formula is C25H37NO2. The van der Waals surface area contributed by atoms with Crippen LogP contribution in [0.4, 0.5) is 0 Å². The van der Waals surface area contributed by atoms with Crippen molar-refractivity contribution in [3.05, 3.63) is 35.4 Å². The molecule has 0 amide bonds. The van der Waals surface area contributed by atoms with E-state index in [9.17, 15) is 0 Å². The lowest BCUT2D eigenvalue weighted by molar-refractivity contribution is -0.206. The number of rotatable bonds is 9. The van der Waals surface area contributed by atoms with Gasteiger partial charge in [0.05, 0.1) is 24.8 Å². The standard InChI is InChI=1S/C25H37NO2/c1-2-3-4-5-6-20-7-9-21(10-8-20)11-12-23-18-27-25(28-19-23)24-15-13-22(17-26)14-16-24/h13-16,20-21,23,25H,2-12,18-19H2,1H3. The summed E-state index contributed by atoms with van der Waals surface area (Å²) in [5.74, 6) is 2.45. The van der Waals surface area contributed by atoms with Gasteiger partial charge in [0, 0.05) is 11.5 Å². The third kappa shape index (κ3) is 6.61. The quantitative estimate of drug-likeness (QED) is 0.441. The van der Waals surface area contributed by atoms with Crippen LogP contribution in [0.1, 0.15) is 95.0 Å². The highest BCUT2D eigenvalue weighted by Gasteiger charge is 2.26. The van der Waals surface area contributed by atoms with Crippen LogP contribution < -0.4 is 0 Å². The third-order valence-corrected chi connectivity index (χ3v) is 6.69. The van der Waals surface area contributed by atoms with E-state index in [-0.39, 0.29) is 6.29 Å². The molecule has 0 radical (unpaired) electrons. The van der Waals surface area contributed by atoms with Gasteiger partial charge in [0.25, 0.3) is 0 Å². The van der Waals surface area contributed by atoms with Crippen LogP contribution in [-0.2, 0) is 9.47 Å². The van der Waals surface area contributed by atoms with Gasteiger partial charge >= 0.3 is 0 Å². The number of benzene rings is 1. The summed E-state index contributed by atoms with van der Waals surface area (Å²) in [5, 5.41) is 8.90. The van der Waals surface area contributed by atoms with Crippen molar-refractivity contribution in [1.82, 2.24) is 0 Å². The van der Waals surface area contributed by atoms with Crippen LogP contribution in [0, 0.1) is 29.1 Å². The van der Waals surface area contributed by atoms with Gasteiger partial charge in [-0.05, 0) is 30.4 Å². The van der Waals surface area contributed by atoms with Gasteiger partial charge in [0.1, 0.15) is 0 Å². The van der Waals surface area contributed by atoms with Crippen molar-refractivity contribution >= 4 is 0 Å². The molecule has 3 heteroatoms. The van der Waals surface area contributed by atoms with Crippen LogP contribution in [0.25, 0.3) is 0 Å². The molecule has 2 aliphatic rings. The number of nitrogens with zero attached hydrogens (tertiary/aromatic N) is 1. The van der Waals surface area contributed by atoms with E-state index >= 15 is 0 Å². The molecule has 3 nitrogen and oxygen atoms in total. The fourth-order valence-electron chi connectivity index (χ4n) is 4.76. The summed E-state index contributed by atoms with van der Waals surface area (Å²) in [5.41, 5.74) is 1.68. The van der Waals surface area contributed by atoms with Crippen LogP contribution in [-0.4, -0.2) is 13.2 Å². The van der Waals surface area contributed by atoms with Crippen LogP contribution >= 0.6 is 0 Å². The number of ether oxygens (including phenoxy) is 2. The van der Waals surface area contributed by atoms with Crippen molar-refractivity contribution < 1.29 is 9.47 Å². The molecule has 3 rings (SSSR count). The second-order valence-corrected chi connectivity index (χ2v) is 8.91. The molecule has 1 aromatic rings. The Bertz CT molecular complexity index is 590. The van der Waals surface area contributed by atoms with Crippen molar-refractivity contribution in [2.45, 2.75) is 83.8 Å². The Labute approximate surface area is 171 Å². The van der Waals surface area contributed by atoms with Gasteiger partial charge in [-0.1, -0.05) is 83.3 Å². The van der Waals surface area contributed by atoms with E-state index in [1.54, 1.807) is 0 Å². The molecule has 1 aliphatic carbocycles. The summed E-state index contributed by atoms with van der Waals surface area (Å²) < 4.78 is 11.9. The molecule has 0 N–H and O–H groups in total. The molecule has 1 aliphatic heterocycles. The van der Waals surface area contributed by atoms with Crippen LogP contribution in [0.5, 0.6) is 0 Å². The number of nitriles is 1. The Morgan fingerprint density at radius 2 is 1.43 bits per heavy atom. The largest absolute Gasteiger partial charge is 0.348 e. The minimum Gasteiger partial charge on any atom is -0.348 e. The molecule has 0 aromatic heterocycles. The summed E-state index contributed by atoms with van der Waals surface area (Å²) in [4.78, 5) is 0. The fraction of sp³-hybridized carbons (Fsp3) is 0.720. The summed E-state index contributed by atoms with van der Waals surface area (Å²) in [6.07, 6.45) is 15.2. The molecule has 28 heavy (non-hydrogen) atoms. The Morgan fingerprint density at radius 3 is 2.04 bits per heavy atom. The van der Waals surface area contributed by atoms with Gasteiger partial charge in [0.2, 0.25) is 0 Å². The topological polar surface area (TPSA) is 42.2 Å². The lowest BCUT2D eigenvalue weighted by atomic mass is 9.77. The van der Waals surface area contributed by atoms with Gasteiger partial charge in [-0.2, -0.15) is 5.26 Å². The first-order chi connectivity index (χ1) is 13.8. The maximum atomic E-state index is 8.90. The highest BCUT2D eigenvalue weighted by atomic mass is 16.7. The third-order valence-electron chi connectivity index (χ3n) is 6.69. The lowest BCUT2D eigenvalue weighted by Gasteiger charge is -2.32. The van der Waals surface area contributed by atoms with E-state index in [2.05, 4.69) is 13.0 Å². The Hall–Kier alpha value is -1.37. The van der Waals surface area contributed by atoms with Gasteiger partial charge in [-0.3, -0.25) is 0 Å². The molecule has 1 saturated carbocycles. The highest BCUT2D eigenvalue weighted by Crippen LogP contribution is 2.36. The number of unbranched alkanes of at least 4 members (excludes halogenated alkanes) is 3. The molecule has 1 heterocycles. The first-order valence-electron chi connectivity index (χ1n) is 11.5. The molecule has 0 bridgehead atoms. The average molecular weight is 384 g/mol. The van der Waals surface area contributed by atoms with E-state index in [1.165, 1.54) is 70.6 Å². The monoisotopic (exact) mass is 383 g/mol. The zero-order valence-corrected chi connectivity index (χ0v) is 17.6. The van der Waals surface area contributed by atoms with Crippen LogP contribution in [0.2, 0.25) is 0 Å². The van der Waals surface area contributed by atoms with E-state index in [1.807, 2.05) is 24.3 Å². The molecule has 0 spiro atoms. The predicted octanol–water partition coefficient (Wildman–Crippen LogP) is 6.78. The van der Waals surface area contributed by atoms with Crippen molar-refractivity contribution in [2.24, 2.45) is 17.8 Å². The molecule has 2 fully saturated rings. The van der Waals surface area contributed by atoms with Gasteiger partial charge in [-0.15, -0.1) is 0 Å². The normalized spacial score (nSPS) is 28.0. The van der Waals surface area contributed by atoms with E-state index in [0.29, 0.717) is 11.5 Å². The summed E-state index contributed by atoms with van der Waals surface area (Å²) in [6.45, 7) is 3.87. The second kappa shape index (κ2) is 11.6. The average Bonchev–Trinajstić information content (AvgIpc) is 2.76. The zero-order chi connectivity index (χ0) is 19.6. The van der Waals surface area contributed by atoms with E-state index in [4.69, 9.17) is 14.7 Å². The molecule has 0 unspecified atom stereocenters. The predicted molar refractivity (Wildman–Crippen MR) is 113 cm³/mol. The highest BCUT2D eigenvalue weighted by molar-refractivity contribution is 5.32. The number of hydrogen-bond acceptors (Lipinski definition) is 3. The molecule has 1 aromatic carbocycles. The zero-order valence-electron chi connectivity index (χ0n) is 17.6. The number of hydrogen-bond donors (Lipinski definition) is 0. The minimum absolute atomic E-state index is 0.271. The molecule has 1 saturated heterocycles. The van der Waals surface area contributed by atoms with Crippen molar-refractivity contribution in [3.63, 3.8) is 0 Å². The van der Waals surface area contributed by atoms with Crippen molar-refractivity contribution in [2.75, 3.05) is 13.2 Å². The summed E-state index contributed by atoms with van der Waals surface area (Å²) in [6, 6.07) is 9.67. The Kier molecular flexibility index (Phi) is 8.83. The van der Waals surface area contributed by atoms with E-state index in [0.717, 1.165) is 30.6 Å². The first kappa shape index (κ1) is 21.3. The van der Waals surface area contributed by atoms with E-state index < -0.39 is 0 Å². The first-order valence-corrected chi connectivity index (χ1v) is 11.5. The maximum Gasteiger partial charge on any atom is 0.183 e. The minimum atomic E-state index is -0.271. The fourth-order valence-corrected chi connectivity index (χ4v) is 4.76. The Balaban J connectivity index is 1.29. The van der Waals surface area contributed by atoms with Crippen molar-refractivity contribution in [3.8, 4) is 6.07 Å². The maximum absolute atomic E-state index is 8.90. The Morgan fingerprint density at radius 1 is 0.821 bits per heavy atom. The summed E-state index contributed by atoms with van der Waals surface area (Å²) in [7, 11) is 0. The van der Waals surface area contributed by atoms with Gasteiger partial charge in [0.15, 0.2) is 6.29 Å². The molecule has 0 atom stereocenters. The van der Waals surface area contributed by atoms with Crippen LogP contribution in [0.15, 0.2) is 24.3 Å². The SMILES string of the molecule is CCCCCCC1CCC(CCC2COC(c3ccc(C#N)cc3)OC2)CC1. The van der Waals surface area contributed by atoms with Gasteiger partial charge in [-0.25, -0.2) is 0 Å². The van der Waals surface area contributed by atoms with Gasteiger partial charge < -0.3 is 9.47 Å². The van der Waals surface area contributed by atoms with Crippen molar-refractivity contribution in [1.29, 1.82) is 5.26 Å². The smallest absolute Gasteiger partial charge is 0.183 e. The van der Waals surface area contributed by atoms with Crippen LogP contribution in [0.3, 0.4) is 0 Å². The lowest BCUT2D eigenvalue weighted by Crippen LogP contribution is -2.28. The molecular weight excluding hydrogens is 346 g/mol. The summed E-state index contributed by atoms with van der Waals surface area (Å²) >= 11 is 0. The second-order valence-electron chi connectivity index (χ2n) is 8.91. The molecule has 154 valence electrons.